The molecule has 20 heavy (non-hydrogen) atoms. The number of aromatic nitrogens is 2. The Hall–Kier alpha value is -1.62. The summed E-state index contributed by atoms with van der Waals surface area (Å²) in [4.78, 5) is 19.8. The average molecular weight is 289 g/mol. The van der Waals surface area contributed by atoms with Crippen molar-refractivity contribution < 1.29 is 4.79 Å². The molecule has 0 spiro atoms. The molecule has 0 radical (unpaired) electrons. The van der Waals surface area contributed by atoms with Crippen molar-refractivity contribution in [3.8, 4) is 0 Å². The second kappa shape index (κ2) is 5.79. The summed E-state index contributed by atoms with van der Waals surface area (Å²) in [6.07, 6.45) is 6.58. The first kappa shape index (κ1) is 13.4. The third-order valence-corrected chi connectivity index (χ3v) is 4.79. The number of hydrogen-bond acceptors (Lipinski definition) is 3. The molecular weight excluding hydrogens is 270 g/mol. The van der Waals surface area contributed by atoms with Crippen molar-refractivity contribution in [2.24, 2.45) is 0 Å². The van der Waals surface area contributed by atoms with Crippen LogP contribution in [0.1, 0.15) is 29.6 Å². The van der Waals surface area contributed by atoms with E-state index in [1.807, 2.05) is 41.7 Å². The van der Waals surface area contributed by atoms with E-state index in [4.69, 9.17) is 0 Å². The Kier molecular flexibility index (Phi) is 3.87. The van der Waals surface area contributed by atoms with Crippen molar-refractivity contribution in [2.75, 3.05) is 13.1 Å². The lowest BCUT2D eigenvalue weighted by Gasteiger charge is -2.34. The van der Waals surface area contributed by atoms with Gasteiger partial charge in [-0.15, -0.1) is 11.3 Å². The molecule has 5 heteroatoms. The van der Waals surface area contributed by atoms with Crippen molar-refractivity contribution in [3.05, 3.63) is 40.6 Å². The molecule has 1 aliphatic heterocycles. The zero-order chi connectivity index (χ0) is 13.9. The molecule has 0 aromatic carbocycles. The number of aryl methyl sites for hydroxylation is 1. The van der Waals surface area contributed by atoms with Crippen LogP contribution in [-0.2, 0) is 11.2 Å². The second-order valence-electron chi connectivity index (χ2n) is 5.27. The quantitative estimate of drug-likeness (QED) is 0.871. The molecule has 2 aromatic rings. The van der Waals surface area contributed by atoms with Gasteiger partial charge in [-0.3, -0.25) is 4.79 Å². The summed E-state index contributed by atoms with van der Waals surface area (Å²) in [5.41, 5.74) is 0. The summed E-state index contributed by atoms with van der Waals surface area (Å²) in [6, 6.07) is 4.41. The van der Waals surface area contributed by atoms with Crippen molar-refractivity contribution >= 4 is 17.2 Å². The Morgan fingerprint density at radius 1 is 1.55 bits per heavy atom. The van der Waals surface area contributed by atoms with Gasteiger partial charge in [0.05, 0.1) is 12.5 Å². The molecule has 3 heterocycles. The average Bonchev–Trinajstić information content (AvgIpc) is 3.10. The van der Waals surface area contributed by atoms with Gasteiger partial charge in [-0.2, -0.15) is 0 Å². The van der Waals surface area contributed by atoms with E-state index in [1.54, 1.807) is 11.3 Å². The van der Waals surface area contributed by atoms with Crippen LogP contribution in [-0.4, -0.2) is 33.4 Å². The molecule has 1 fully saturated rings. The first-order valence-electron chi connectivity index (χ1n) is 7.03. The maximum atomic E-state index is 12.4. The molecule has 1 amide bonds. The molecule has 1 unspecified atom stereocenters. The standard InChI is InChI=1S/C15H19N3OS/c1-12-16-6-8-18(12)13-4-2-7-17(11-13)15(19)10-14-5-3-9-20-14/h3,5-6,8-9,13H,2,4,7,10-11H2,1H3. The monoisotopic (exact) mass is 289 g/mol. The van der Waals surface area contributed by atoms with E-state index in [0.717, 1.165) is 36.6 Å². The number of carbonyl (C=O) groups is 1. The highest BCUT2D eigenvalue weighted by Crippen LogP contribution is 2.23. The second-order valence-corrected chi connectivity index (χ2v) is 6.31. The van der Waals surface area contributed by atoms with Crippen LogP contribution >= 0.6 is 11.3 Å². The van der Waals surface area contributed by atoms with Crippen molar-refractivity contribution in [1.82, 2.24) is 14.5 Å². The Morgan fingerprint density at radius 2 is 2.45 bits per heavy atom. The largest absolute Gasteiger partial charge is 0.340 e. The van der Waals surface area contributed by atoms with Crippen molar-refractivity contribution in [3.63, 3.8) is 0 Å². The minimum Gasteiger partial charge on any atom is -0.340 e. The topological polar surface area (TPSA) is 38.1 Å². The molecule has 1 atom stereocenters. The highest BCUT2D eigenvalue weighted by Gasteiger charge is 2.25. The Morgan fingerprint density at radius 3 is 3.15 bits per heavy atom. The van der Waals surface area contributed by atoms with Gasteiger partial charge in [0.1, 0.15) is 5.82 Å². The summed E-state index contributed by atoms with van der Waals surface area (Å²) in [7, 11) is 0. The lowest BCUT2D eigenvalue weighted by atomic mass is 10.0. The number of rotatable bonds is 3. The lowest BCUT2D eigenvalue weighted by molar-refractivity contribution is -0.132. The maximum Gasteiger partial charge on any atom is 0.227 e. The maximum absolute atomic E-state index is 12.4. The highest BCUT2D eigenvalue weighted by molar-refractivity contribution is 7.10. The SMILES string of the molecule is Cc1nccn1C1CCCN(C(=O)Cc2cccs2)C1. The Bertz CT molecular complexity index is 576. The number of piperidine rings is 1. The van der Waals surface area contributed by atoms with E-state index in [1.165, 1.54) is 0 Å². The van der Waals surface area contributed by atoms with Gasteiger partial charge in [-0.1, -0.05) is 6.07 Å². The Balaban J connectivity index is 1.66. The molecule has 2 aromatic heterocycles. The van der Waals surface area contributed by atoms with E-state index in [-0.39, 0.29) is 5.91 Å². The molecule has 106 valence electrons. The van der Waals surface area contributed by atoms with Gasteiger partial charge in [-0.05, 0) is 31.2 Å². The summed E-state index contributed by atoms with van der Waals surface area (Å²) >= 11 is 1.65. The molecular formula is C15H19N3OS. The first-order valence-corrected chi connectivity index (χ1v) is 7.91. The van der Waals surface area contributed by atoms with E-state index in [0.29, 0.717) is 12.5 Å². The van der Waals surface area contributed by atoms with Crippen LogP contribution in [0, 0.1) is 6.92 Å². The minimum absolute atomic E-state index is 0.245. The number of imidazole rings is 1. The first-order chi connectivity index (χ1) is 9.74. The highest BCUT2D eigenvalue weighted by atomic mass is 32.1. The van der Waals surface area contributed by atoms with Crippen LogP contribution < -0.4 is 0 Å². The van der Waals surface area contributed by atoms with Crippen LogP contribution in [0.5, 0.6) is 0 Å². The molecule has 0 saturated carbocycles. The fourth-order valence-electron chi connectivity index (χ4n) is 2.86. The fraction of sp³-hybridized carbons (Fsp3) is 0.467. The lowest BCUT2D eigenvalue weighted by Crippen LogP contribution is -2.41. The fourth-order valence-corrected chi connectivity index (χ4v) is 3.55. The third kappa shape index (κ3) is 2.77. The molecule has 0 N–H and O–H groups in total. The number of hydrogen-bond donors (Lipinski definition) is 0. The van der Waals surface area contributed by atoms with E-state index in [9.17, 15) is 4.79 Å². The predicted octanol–water partition coefficient (Wildman–Crippen LogP) is 2.66. The molecule has 0 bridgehead atoms. The van der Waals surface area contributed by atoms with Gasteiger partial charge >= 0.3 is 0 Å². The number of carbonyl (C=O) groups excluding carboxylic acids is 1. The third-order valence-electron chi connectivity index (χ3n) is 3.91. The van der Waals surface area contributed by atoms with Crippen LogP contribution in [0.25, 0.3) is 0 Å². The number of thiophene rings is 1. The zero-order valence-corrected chi connectivity index (χ0v) is 12.5. The van der Waals surface area contributed by atoms with Crippen molar-refractivity contribution in [1.29, 1.82) is 0 Å². The van der Waals surface area contributed by atoms with Gasteiger partial charge in [0, 0.05) is 30.4 Å². The summed E-state index contributed by atoms with van der Waals surface area (Å²) < 4.78 is 2.20. The minimum atomic E-state index is 0.245. The van der Waals surface area contributed by atoms with Crippen molar-refractivity contribution in [2.45, 2.75) is 32.2 Å². The number of nitrogens with zero attached hydrogens (tertiary/aromatic N) is 3. The van der Waals surface area contributed by atoms with Gasteiger partial charge in [0.2, 0.25) is 5.91 Å². The van der Waals surface area contributed by atoms with Gasteiger partial charge in [0.15, 0.2) is 0 Å². The van der Waals surface area contributed by atoms with Crippen LogP contribution in [0.2, 0.25) is 0 Å². The normalized spacial score (nSPS) is 19.2. The molecule has 1 aliphatic rings. The van der Waals surface area contributed by atoms with E-state index >= 15 is 0 Å². The summed E-state index contributed by atoms with van der Waals surface area (Å²) in [5, 5.41) is 2.02. The Labute approximate surface area is 123 Å². The predicted molar refractivity (Wildman–Crippen MR) is 79.8 cm³/mol. The smallest absolute Gasteiger partial charge is 0.227 e. The number of amides is 1. The van der Waals surface area contributed by atoms with Gasteiger partial charge in [0.25, 0.3) is 0 Å². The van der Waals surface area contributed by atoms with Crippen LogP contribution in [0.4, 0.5) is 0 Å². The van der Waals surface area contributed by atoms with E-state index in [2.05, 4.69) is 9.55 Å². The van der Waals surface area contributed by atoms with Crippen LogP contribution in [0.3, 0.4) is 0 Å². The molecule has 0 aliphatic carbocycles. The molecule has 4 nitrogen and oxygen atoms in total. The zero-order valence-electron chi connectivity index (χ0n) is 11.7. The van der Waals surface area contributed by atoms with Crippen LogP contribution in [0.15, 0.2) is 29.9 Å². The summed E-state index contributed by atoms with van der Waals surface area (Å²) in [6.45, 7) is 3.71. The molecule has 1 saturated heterocycles. The van der Waals surface area contributed by atoms with Gasteiger partial charge in [-0.25, -0.2) is 4.98 Å². The van der Waals surface area contributed by atoms with E-state index < -0.39 is 0 Å². The number of likely N-dealkylation sites (tertiary alicyclic amines) is 1. The van der Waals surface area contributed by atoms with Gasteiger partial charge < -0.3 is 9.47 Å². The molecule has 3 rings (SSSR count). The summed E-state index contributed by atoms with van der Waals surface area (Å²) in [5.74, 6) is 1.28.